The average molecular weight is 417 g/mol. The molecule has 1 aliphatic rings. The van der Waals surface area contributed by atoms with Crippen molar-refractivity contribution in [3.05, 3.63) is 35.9 Å². The molecule has 1 aromatic rings. The number of ether oxygens (including phenoxy) is 1. The van der Waals surface area contributed by atoms with Crippen molar-refractivity contribution >= 4 is 5.97 Å². The van der Waals surface area contributed by atoms with E-state index in [0.29, 0.717) is 0 Å². The van der Waals surface area contributed by atoms with Gasteiger partial charge in [0.25, 0.3) is 0 Å². The van der Waals surface area contributed by atoms with E-state index >= 15 is 0 Å². The largest absolute Gasteiger partial charge is 0.453 e. The zero-order valence-electron chi connectivity index (χ0n) is 19.7. The second kappa shape index (κ2) is 14.6. The molecule has 0 bridgehead atoms. The van der Waals surface area contributed by atoms with E-state index in [0.717, 1.165) is 51.6 Å². The maximum Gasteiger partial charge on any atom is 0.309 e. The number of rotatable bonds is 15. The maximum absolute atomic E-state index is 13.4. The van der Waals surface area contributed by atoms with Crippen LogP contribution in [0.1, 0.15) is 109 Å². The summed E-state index contributed by atoms with van der Waals surface area (Å²) < 4.78 is 6.42. The Morgan fingerprint density at radius 3 is 2.00 bits per heavy atom. The third kappa shape index (κ3) is 8.41. The van der Waals surface area contributed by atoms with Crippen molar-refractivity contribution in [2.24, 2.45) is 5.92 Å². The van der Waals surface area contributed by atoms with Crippen LogP contribution >= 0.6 is 0 Å². The smallest absolute Gasteiger partial charge is 0.309 e. The molecule has 2 N–H and O–H groups in total. The Kier molecular flexibility index (Phi) is 12.1. The molecule has 0 aliphatic carbocycles. The normalized spacial score (nSPS) is 16.9. The molecule has 1 fully saturated rings. The van der Waals surface area contributed by atoms with Gasteiger partial charge in [0.15, 0.2) is 0 Å². The van der Waals surface area contributed by atoms with Gasteiger partial charge in [-0.1, -0.05) is 108 Å². The monoisotopic (exact) mass is 416 g/mol. The molecule has 2 rings (SSSR count). The number of benzene rings is 1. The van der Waals surface area contributed by atoms with Gasteiger partial charge >= 0.3 is 5.97 Å². The van der Waals surface area contributed by atoms with Crippen LogP contribution < -0.4 is 5.32 Å². The standard InChI is InChI=1S/C27H45NO2/c1-3-5-7-9-10-13-17-24(16-12-8-6-4-2)26(29)30-27(20-22-28-23-21-27)25-18-14-11-15-19-25/h11,14-15,18-19,24,28H,3-10,12-13,16-17,20-23H2,1-2H3/p+1. The van der Waals surface area contributed by atoms with Crippen LogP contribution in [0.4, 0.5) is 0 Å². The number of nitrogens with two attached hydrogens (primary N) is 1. The molecule has 30 heavy (non-hydrogen) atoms. The quantitative estimate of drug-likeness (QED) is 0.276. The summed E-state index contributed by atoms with van der Waals surface area (Å²) in [4.78, 5) is 13.4. The lowest BCUT2D eigenvalue weighted by Crippen LogP contribution is -2.87. The van der Waals surface area contributed by atoms with E-state index in [4.69, 9.17) is 4.74 Å². The summed E-state index contributed by atoms with van der Waals surface area (Å²) in [5, 5.41) is 2.34. The highest BCUT2D eigenvalue weighted by Gasteiger charge is 2.40. The minimum Gasteiger partial charge on any atom is -0.453 e. The second-order valence-electron chi connectivity index (χ2n) is 9.25. The van der Waals surface area contributed by atoms with E-state index in [1.807, 2.05) is 6.07 Å². The Labute approximate surface area is 185 Å². The van der Waals surface area contributed by atoms with Gasteiger partial charge in [-0.2, -0.15) is 0 Å². The molecule has 1 aromatic carbocycles. The van der Waals surface area contributed by atoms with E-state index in [1.54, 1.807) is 0 Å². The molecule has 1 heterocycles. The Bertz CT molecular complexity index is 565. The molecule has 1 saturated heterocycles. The van der Waals surface area contributed by atoms with Gasteiger partial charge in [0.1, 0.15) is 5.60 Å². The first-order chi connectivity index (χ1) is 14.7. The van der Waals surface area contributed by atoms with Gasteiger partial charge < -0.3 is 10.1 Å². The minimum atomic E-state index is -0.421. The molecule has 0 aromatic heterocycles. The highest BCUT2D eigenvalue weighted by molar-refractivity contribution is 5.73. The second-order valence-corrected chi connectivity index (χ2v) is 9.25. The number of carbonyl (C=O) groups excluding carboxylic acids is 1. The van der Waals surface area contributed by atoms with E-state index in [2.05, 4.69) is 43.4 Å². The van der Waals surface area contributed by atoms with Crippen molar-refractivity contribution in [2.45, 2.75) is 109 Å². The van der Waals surface area contributed by atoms with Crippen molar-refractivity contribution < 1.29 is 14.8 Å². The van der Waals surface area contributed by atoms with Gasteiger partial charge in [-0.25, -0.2) is 0 Å². The molecule has 1 aliphatic heterocycles. The summed E-state index contributed by atoms with van der Waals surface area (Å²) in [5.74, 6) is 0.130. The Balaban J connectivity index is 1.98. The highest BCUT2D eigenvalue weighted by atomic mass is 16.6. The van der Waals surface area contributed by atoms with Crippen LogP contribution in [0.5, 0.6) is 0 Å². The predicted octanol–water partition coefficient (Wildman–Crippen LogP) is 6.12. The number of hydrogen-bond acceptors (Lipinski definition) is 2. The number of hydrogen-bond donors (Lipinski definition) is 1. The first kappa shape index (κ1) is 24.9. The average Bonchev–Trinajstić information content (AvgIpc) is 2.78. The molecule has 1 atom stereocenters. The Morgan fingerprint density at radius 1 is 0.867 bits per heavy atom. The van der Waals surface area contributed by atoms with E-state index < -0.39 is 5.60 Å². The van der Waals surface area contributed by atoms with Crippen molar-refractivity contribution in [1.29, 1.82) is 0 Å². The molecule has 170 valence electrons. The first-order valence-corrected chi connectivity index (χ1v) is 12.8. The summed E-state index contributed by atoms with van der Waals surface area (Å²) in [6.45, 7) is 6.56. The molecule has 3 heteroatoms. The fraction of sp³-hybridized carbons (Fsp3) is 0.741. The molecular weight excluding hydrogens is 370 g/mol. The number of esters is 1. The van der Waals surface area contributed by atoms with Crippen molar-refractivity contribution in [3.63, 3.8) is 0 Å². The first-order valence-electron chi connectivity index (χ1n) is 12.8. The van der Waals surface area contributed by atoms with Crippen LogP contribution in [0.2, 0.25) is 0 Å². The summed E-state index contributed by atoms with van der Waals surface area (Å²) in [5.41, 5.74) is 0.756. The zero-order valence-corrected chi connectivity index (χ0v) is 19.7. The third-order valence-corrected chi connectivity index (χ3v) is 6.75. The predicted molar refractivity (Wildman–Crippen MR) is 125 cm³/mol. The van der Waals surface area contributed by atoms with Gasteiger partial charge in [0.2, 0.25) is 0 Å². The summed E-state index contributed by atoms with van der Waals surface area (Å²) in [6, 6.07) is 10.5. The maximum atomic E-state index is 13.4. The van der Waals surface area contributed by atoms with Crippen LogP contribution in [0.3, 0.4) is 0 Å². The molecule has 0 saturated carbocycles. The molecule has 0 radical (unpaired) electrons. The van der Waals surface area contributed by atoms with E-state index in [9.17, 15) is 4.79 Å². The molecule has 0 spiro atoms. The van der Waals surface area contributed by atoms with Gasteiger partial charge in [-0.3, -0.25) is 4.79 Å². The van der Waals surface area contributed by atoms with Gasteiger partial charge in [0.05, 0.1) is 19.0 Å². The summed E-state index contributed by atoms with van der Waals surface area (Å²) in [7, 11) is 0. The molecule has 3 nitrogen and oxygen atoms in total. The fourth-order valence-electron chi connectivity index (χ4n) is 4.78. The number of piperidine rings is 1. The Morgan fingerprint density at radius 2 is 1.40 bits per heavy atom. The summed E-state index contributed by atoms with van der Waals surface area (Å²) in [6.07, 6.45) is 16.4. The van der Waals surface area contributed by atoms with Crippen molar-refractivity contribution in [2.75, 3.05) is 13.1 Å². The van der Waals surface area contributed by atoms with Crippen LogP contribution in [-0.4, -0.2) is 19.1 Å². The van der Waals surface area contributed by atoms with E-state index in [-0.39, 0.29) is 11.9 Å². The molecule has 1 unspecified atom stereocenters. The molecule has 0 amide bonds. The third-order valence-electron chi connectivity index (χ3n) is 6.75. The number of carbonyl (C=O) groups is 1. The van der Waals surface area contributed by atoms with Gasteiger partial charge in [-0.05, 0) is 18.4 Å². The number of quaternary nitrogens is 1. The van der Waals surface area contributed by atoms with Gasteiger partial charge in [0, 0.05) is 12.8 Å². The van der Waals surface area contributed by atoms with Crippen LogP contribution in [0.15, 0.2) is 30.3 Å². The lowest BCUT2D eigenvalue weighted by atomic mass is 9.84. The lowest BCUT2D eigenvalue weighted by molar-refractivity contribution is -0.668. The minimum absolute atomic E-state index is 0.0609. The van der Waals surface area contributed by atoms with Crippen molar-refractivity contribution in [1.82, 2.24) is 0 Å². The number of unbranched alkanes of at least 4 members (excludes halogenated alkanes) is 8. The van der Waals surface area contributed by atoms with Crippen LogP contribution in [0.25, 0.3) is 0 Å². The fourth-order valence-corrected chi connectivity index (χ4v) is 4.78. The van der Waals surface area contributed by atoms with E-state index in [1.165, 1.54) is 56.9 Å². The molecular formula is C27H46NO2+. The topological polar surface area (TPSA) is 42.9 Å². The summed E-state index contributed by atoms with van der Waals surface area (Å²) >= 11 is 0. The lowest BCUT2D eigenvalue weighted by Gasteiger charge is -2.37. The van der Waals surface area contributed by atoms with Crippen molar-refractivity contribution in [3.8, 4) is 0 Å². The zero-order chi connectivity index (χ0) is 21.5. The highest BCUT2D eigenvalue weighted by Crippen LogP contribution is 2.35. The van der Waals surface area contributed by atoms with Crippen LogP contribution in [-0.2, 0) is 15.1 Å². The van der Waals surface area contributed by atoms with Crippen LogP contribution in [0, 0.1) is 5.92 Å². The SMILES string of the molecule is CCCCCCCCC(CCCCCC)C(=O)OC1(c2ccccc2)CC[NH2+]CC1. The Hall–Kier alpha value is -1.35. The van der Waals surface area contributed by atoms with Gasteiger partial charge in [-0.15, -0.1) is 0 Å².